The molecule has 0 unspecified atom stereocenters. The average molecular weight is 258 g/mol. The van der Waals surface area contributed by atoms with Crippen LogP contribution >= 0.6 is 11.8 Å². The van der Waals surface area contributed by atoms with Crippen LogP contribution in [0.1, 0.15) is 45.4 Å². The average Bonchev–Trinajstić information content (AvgIpc) is 3.03. The number of ketones is 1. The Morgan fingerprint density at radius 2 is 2.00 bits per heavy atom. The molecule has 1 rings (SSSR count). The quantitative estimate of drug-likeness (QED) is 0.471. The van der Waals surface area contributed by atoms with Gasteiger partial charge in [-0.25, -0.2) is 0 Å². The molecule has 0 saturated heterocycles. The second kappa shape index (κ2) is 7.04. The van der Waals surface area contributed by atoms with Gasteiger partial charge in [0.25, 0.3) is 0 Å². The van der Waals surface area contributed by atoms with Crippen molar-refractivity contribution < 1.29 is 14.3 Å². The molecule has 0 radical (unpaired) electrons. The van der Waals surface area contributed by atoms with Crippen LogP contribution in [0.2, 0.25) is 0 Å². The van der Waals surface area contributed by atoms with E-state index in [4.69, 9.17) is 4.74 Å². The molecule has 0 aromatic rings. The molecule has 1 aliphatic carbocycles. The molecule has 0 atom stereocenters. The molecule has 1 aliphatic rings. The van der Waals surface area contributed by atoms with E-state index in [1.807, 2.05) is 11.8 Å². The highest BCUT2D eigenvalue weighted by molar-refractivity contribution is 7.99. The first kappa shape index (κ1) is 14.6. The maximum atomic E-state index is 11.2. The summed E-state index contributed by atoms with van der Waals surface area (Å²) in [6.07, 6.45) is 5.67. The van der Waals surface area contributed by atoms with Gasteiger partial charge in [0.2, 0.25) is 0 Å². The minimum absolute atomic E-state index is 0.0836. The fourth-order valence-corrected chi connectivity index (χ4v) is 3.17. The summed E-state index contributed by atoms with van der Waals surface area (Å²) in [7, 11) is 1.45. The third-order valence-corrected chi connectivity index (χ3v) is 4.57. The first-order valence-corrected chi connectivity index (χ1v) is 7.37. The molecule has 17 heavy (non-hydrogen) atoms. The van der Waals surface area contributed by atoms with Gasteiger partial charge in [-0.05, 0) is 49.5 Å². The standard InChI is InChI=1S/C13H22O3S/c1-11(14)5-3-4-8-17-10-13(6-7-13)9-12(15)16-2/h3-10H2,1-2H3. The summed E-state index contributed by atoms with van der Waals surface area (Å²) in [6, 6.07) is 0. The number of carbonyl (C=O) groups is 2. The predicted molar refractivity (Wildman–Crippen MR) is 70.2 cm³/mol. The Labute approximate surface area is 108 Å². The van der Waals surface area contributed by atoms with Gasteiger partial charge < -0.3 is 9.53 Å². The van der Waals surface area contributed by atoms with Gasteiger partial charge in [0, 0.05) is 6.42 Å². The molecule has 0 aromatic carbocycles. The summed E-state index contributed by atoms with van der Waals surface area (Å²) in [5, 5.41) is 0. The van der Waals surface area contributed by atoms with Gasteiger partial charge in [-0.3, -0.25) is 4.79 Å². The highest BCUT2D eigenvalue weighted by atomic mass is 32.2. The lowest BCUT2D eigenvalue weighted by atomic mass is 10.1. The van der Waals surface area contributed by atoms with Crippen molar-refractivity contribution in [2.75, 3.05) is 18.6 Å². The summed E-state index contributed by atoms with van der Waals surface area (Å²) in [6.45, 7) is 1.64. The minimum atomic E-state index is -0.0836. The van der Waals surface area contributed by atoms with Gasteiger partial charge in [0.1, 0.15) is 5.78 Å². The maximum Gasteiger partial charge on any atom is 0.306 e. The Morgan fingerprint density at radius 1 is 1.29 bits per heavy atom. The smallest absolute Gasteiger partial charge is 0.306 e. The number of carbonyl (C=O) groups excluding carboxylic acids is 2. The molecule has 0 N–H and O–H groups in total. The van der Waals surface area contributed by atoms with Crippen molar-refractivity contribution in [3.8, 4) is 0 Å². The molecule has 98 valence electrons. The summed E-state index contributed by atoms with van der Waals surface area (Å²) in [5.74, 6) is 2.34. The van der Waals surface area contributed by atoms with E-state index in [9.17, 15) is 9.59 Å². The molecule has 0 heterocycles. The van der Waals surface area contributed by atoms with Gasteiger partial charge >= 0.3 is 5.97 Å². The van der Waals surface area contributed by atoms with Gasteiger partial charge in [-0.15, -0.1) is 0 Å². The molecule has 1 fully saturated rings. The van der Waals surface area contributed by atoms with Gasteiger partial charge in [-0.1, -0.05) is 0 Å². The number of methoxy groups -OCH3 is 1. The van der Waals surface area contributed by atoms with Crippen molar-refractivity contribution in [2.45, 2.75) is 45.4 Å². The van der Waals surface area contributed by atoms with E-state index in [1.54, 1.807) is 6.92 Å². The van der Waals surface area contributed by atoms with E-state index in [-0.39, 0.29) is 17.2 Å². The molecule has 1 saturated carbocycles. The van der Waals surface area contributed by atoms with Crippen molar-refractivity contribution in [3.05, 3.63) is 0 Å². The van der Waals surface area contributed by atoms with Crippen molar-refractivity contribution in [2.24, 2.45) is 5.41 Å². The van der Waals surface area contributed by atoms with E-state index in [0.29, 0.717) is 12.8 Å². The molecule has 0 bridgehead atoms. The van der Waals surface area contributed by atoms with E-state index in [2.05, 4.69) is 0 Å². The number of thioether (sulfide) groups is 1. The second-order valence-electron chi connectivity index (χ2n) is 4.96. The Balaban J connectivity index is 2.02. The number of rotatable bonds is 9. The van der Waals surface area contributed by atoms with E-state index in [1.165, 1.54) is 7.11 Å². The molecular formula is C13H22O3S. The lowest BCUT2D eigenvalue weighted by molar-refractivity contribution is -0.141. The monoisotopic (exact) mass is 258 g/mol. The lowest BCUT2D eigenvalue weighted by Crippen LogP contribution is -2.13. The first-order valence-electron chi connectivity index (χ1n) is 6.22. The van der Waals surface area contributed by atoms with Crippen LogP contribution in [0.15, 0.2) is 0 Å². The Morgan fingerprint density at radius 3 is 2.53 bits per heavy atom. The molecule has 4 heteroatoms. The number of unbranched alkanes of at least 4 members (excludes halogenated alkanes) is 1. The molecule has 3 nitrogen and oxygen atoms in total. The van der Waals surface area contributed by atoms with Crippen LogP contribution in [0.4, 0.5) is 0 Å². The summed E-state index contributed by atoms with van der Waals surface area (Å²) >= 11 is 1.91. The zero-order valence-electron chi connectivity index (χ0n) is 10.8. The van der Waals surface area contributed by atoms with Crippen LogP contribution in [0, 0.1) is 5.41 Å². The van der Waals surface area contributed by atoms with Crippen LogP contribution < -0.4 is 0 Å². The Bertz CT molecular complexity index is 272. The highest BCUT2D eigenvalue weighted by Crippen LogP contribution is 2.51. The van der Waals surface area contributed by atoms with E-state index in [0.717, 1.165) is 37.2 Å². The molecule has 0 aromatic heterocycles. The van der Waals surface area contributed by atoms with E-state index >= 15 is 0 Å². The molecule has 0 amide bonds. The Hall–Kier alpha value is -0.510. The number of hydrogen-bond donors (Lipinski definition) is 0. The predicted octanol–water partition coefficient (Wildman–Crippen LogP) is 2.82. The van der Waals surface area contributed by atoms with Crippen LogP contribution in [0.5, 0.6) is 0 Å². The Kier molecular flexibility index (Phi) is 6.03. The third-order valence-electron chi connectivity index (χ3n) is 3.18. The van der Waals surface area contributed by atoms with Crippen molar-refractivity contribution in [1.29, 1.82) is 0 Å². The fourth-order valence-electron chi connectivity index (χ4n) is 1.79. The number of Topliss-reactive ketones (excluding diaryl/α,β-unsaturated/α-hetero) is 1. The van der Waals surface area contributed by atoms with E-state index < -0.39 is 0 Å². The van der Waals surface area contributed by atoms with Gasteiger partial charge in [0.05, 0.1) is 13.5 Å². The minimum Gasteiger partial charge on any atom is -0.469 e. The number of ether oxygens (including phenoxy) is 1. The first-order chi connectivity index (χ1) is 8.08. The van der Waals surface area contributed by atoms with Crippen molar-refractivity contribution >= 4 is 23.5 Å². The summed E-state index contributed by atoms with van der Waals surface area (Å²) in [4.78, 5) is 22.0. The van der Waals surface area contributed by atoms with Crippen molar-refractivity contribution in [3.63, 3.8) is 0 Å². The van der Waals surface area contributed by atoms with Crippen LogP contribution in [0.3, 0.4) is 0 Å². The number of hydrogen-bond acceptors (Lipinski definition) is 4. The van der Waals surface area contributed by atoms with Crippen LogP contribution in [0.25, 0.3) is 0 Å². The fraction of sp³-hybridized carbons (Fsp3) is 0.846. The SMILES string of the molecule is COC(=O)CC1(CSCCCCC(C)=O)CC1. The third kappa shape index (κ3) is 6.10. The zero-order valence-corrected chi connectivity index (χ0v) is 11.6. The highest BCUT2D eigenvalue weighted by Gasteiger charge is 2.44. The lowest BCUT2D eigenvalue weighted by Gasteiger charge is -2.12. The maximum absolute atomic E-state index is 11.2. The van der Waals surface area contributed by atoms with Gasteiger partial charge in [-0.2, -0.15) is 11.8 Å². The van der Waals surface area contributed by atoms with Crippen molar-refractivity contribution in [1.82, 2.24) is 0 Å². The van der Waals surface area contributed by atoms with Gasteiger partial charge in [0.15, 0.2) is 0 Å². The molecular weight excluding hydrogens is 236 g/mol. The molecule has 0 spiro atoms. The summed E-state index contributed by atoms with van der Waals surface area (Å²) < 4.78 is 4.71. The second-order valence-corrected chi connectivity index (χ2v) is 6.07. The largest absolute Gasteiger partial charge is 0.469 e. The summed E-state index contributed by atoms with van der Waals surface area (Å²) in [5.41, 5.74) is 0.234. The number of esters is 1. The van der Waals surface area contributed by atoms with Crippen LogP contribution in [-0.2, 0) is 14.3 Å². The topological polar surface area (TPSA) is 43.4 Å². The zero-order chi connectivity index (χ0) is 12.7. The van der Waals surface area contributed by atoms with Crippen LogP contribution in [-0.4, -0.2) is 30.4 Å². The molecule has 0 aliphatic heterocycles. The normalized spacial score (nSPS) is 16.6.